The van der Waals surface area contributed by atoms with E-state index in [1.807, 2.05) is 24.3 Å². The molecule has 0 radical (unpaired) electrons. The molecule has 3 nitrogen and oxygen atoms in total. The molecule has 0 aromatic heterocycles. The quantitative estimate of drug-likeness (QED) is 0.637. The number of aryl methyl sites for hydroxylation is 2. The van der Waals surface area contributed by atoms with Gasteiger partial charge in [0.05, 0.1) is 5.69 Å². The smallest absolute Gasteiger partial charge is 0.142 e. The molecule has 0 fully saturated rings. The average Bonchev–Trinajstić information content (AvgIpc) is 2.38. The molecule has 0 saturated heterocycles. The maximum absolute atomic E-state index is 5.81. The van der Waals surface area contributed by atoms with E-state index in [2.05, 4.69) is 37.4 Å². The Kier molecular flexibility index (Phi) is 4.29. The Hall–Kier alpha value is -2.16. The van der Waals surface area contributed by atoms with Crippen molar-refractivity contribution in [3.05, 3.63) is 53.6 Å². The Bertz CT molecular complexity index is 552. The van der Waals surface area contributed by atoms with Gasteiger partial charge < -0.3 is 15.8 Å². The van der Waals surface area contributed by atoms with Crippen LogP contribution in [-0.2, 0) is 0 Å². The fraction of sp³-hybridized carbons (Fsp3) is 0.250. The molecule has 3 N–H and O–H groups in total. The van der Waals surface area contributed by atoms with Crippen LogP contribution in [0.15, 0.2) is 42.5 Å². The average molecular weight is 256 g/mol. The van der Waals surface area contributed by atoms with Crippen LogP contribution in [0.5, 0.6) is 5.75 Å². The van der Waals surface area contributed by atoms with Gasteiger partial charge in [-0.3, -0.25) is 0 Å². The molecule has 0 atom stereocenters. The van der Waals surface area contributed by atoms with E-state index in [9.17, 15) is 0 Å². The van der Waals surface area contributed by atoms with Gasteiger partial charge in [0.25, 0.3) is 0 Å². The molecular formula is C16H20N2O. The van der Waals surface area contributed by atoms with Crippen LogP contribution in [0.1, 0.15) is 11.1 Å². The van der Waals surface area contributed by atoms with Crippen molar-refractivity contribution in [2.45, 2.75) is 13.8 Å². The summed E-state index contributed by atoms with van der Waals surface area (Å²) in [5.41, 5.74) is 10.2. The van der Waals surface area contributed by atoms with E-state index in [1.54, 1.807) is 0 Å². The number of ether oxygens (including phenoxy) is 1. The number of para-hydroxylation sites is 2. The topological polar surface area (TPSA) is 47.3 Å². The lowest BCUT2D eigenvalue weighted by molar-refractivity contribution is 0.334. The molecule has 100 valence electrons. The standard InChI is InChI=1S/C16H20N2O/c1-12-7-8-15(13(2)11-12)18-9-10-19-16-6-4-3-5-14(16)17/h3-8,11,18H,9-10,17H2,1-2H3. The maximum atomic E-state index is 5.81. The van der Waals surface area contributed by atoms with E-state index in [1.165, 1.54) is 11.1 Å². The predicted molar refractivity (Wildman–Crippen MR) is 80.8 cm³/mol. The SMILES string of the molecule is Cc1ccc(NCCOc2ccccc2N)c(C)c1. The van der Waals surface area contributed by atoms with Crippen LogP contribution >= 0.6 is 0 Å². The number of nitrogen functional groups attached to an aromatic ring is 1. The molecule has 0 aliphatic heterocycles. The largest absolute Gasteiger partial charge is 0.490 e. The van der Waals surface area contributed by atoms with Gasteiger partial charge in [-0.2, -0.15) is 0 Å². The molecule has 3 heteroatoms. The third-order valence-electron chi connectivity index (χ3n) is 2.98. The minimum atomic E-state index is 0.585. The number of nitrogens with one attached hydrogen (secondary N) is 1. The molecule has 0 saturated carbocycles. The third kappa shape index (κ3) is 3.65. The molecule has 2 aromatic rings. The number of hydrogen-bond acceptors (Lipinski definition) is 3. The molecule has 0 heterocycles. The van der Waals surface area contributed by atoms with Crippen LogP contribution in [0, 0.1) is 13.8 Å². The molecule has 0 unspecified atom stereocenters. The fourth-order valence-electron chi connectivity index (χ4n) is 1.97. The normalized spacial score (nSPS) is 10.2. The Labute approximate surface area is 114 Å². The molecule has 0 aliphatic carbocycles. The summed E-state index contributed by atoms with van der Waals surface area (Å²) in [5.74, 6) is 0.741. The first-order chi connectivity index (χ1) is 9.16. The van der Waals surface area contributed by atoms with Gasteiger partial charge in [-0.1, -0.05) is 29.8 Å². The van der Waals surface area contributed by atoms with E-state index in [0.29, 0.717) is 12.3 Å². The summed E-state index contributed by atoms with van der Waals surface area (Å²) < 4.78 is 5.63. The summed E-state index contributed by atoms with van der Waals surface area (Å²) in [7, 11) is 0. The Morgan fingerprint density at radius 2 is 1.89 bits per heavy atom. The first kappa shape index (κ1) is 13.3. The number of hydrogen-bond donors (Lipinski definition) is 2. The van der Waals surface area contributed by atoms with Gasteiger partial charge in [0.15, 0.2) is 0 Å². The summed E-state index contributed by atoms with van der Waals surface area (Å²) in [6.45, 7) is 5.53. The zero-order valence-corrected chi connectivity index (χ0v) is 11.4. The van der Waals surface area contributed by atoms with Crippen LogP contribution in [0.2, 0.25) is 0 Å². The summed E-state index contributed by atoms with van der Waals surface area (Å²) in [5, 5.41) is 3.36. The molecule has 0 bridgehead atoms. The van der Waals surface area contributed by atoms with Crippen molar-refractivity contribution in [2.75, 3.05) is 24.2 Å². The Morgan fingerprint density at radius 3 is 2.63 bits per heavy atom. The third-order valence-corrected chi connectivity index (χ3v) is 2.98. The second kappa shape index (κ2) is 6.14. The zero-order valence-electron chi connectivity index (χ0n) is 11.4. The van der Waals surface area contributed by atoms with E-state index in [-0.39, 0.29) is 0 Å². The number of benzene rings is 2. The second-order valence-corrected chi connectivity index (χ2v) is 4.63. The molecule has 0 amide bonds. The first-order valence-electron chi connectivity index (χ1n) is 6.45. The van der Waals surface area contributed by atoms with Crippen molar-refractivity contribution < 1.29 is 4.74 Å². The monoisotopic (exact) mass is 256 g/mol. The van der Waals surface area contributed by atoms with Crippen molar-refractivity contribution in [3.8, 4) is 5.75 Å². The van der Waals surface area contributed by atoms with Gasteiger partial charge in [-0.05, 0) is 37.6 Å². The zero-order chi connectivity index (χ0) is 13.7. The van der Waals surface area contributed by atoms with Crippen molar-refractivity contribution in [1.29, 1.82) is 0 Å². The van der Waals surface area contributed by atoms with Gasteiger partial charge in [0.2, 0.25) is 0 Å². The Morgan fingerprint density at radius 1 is 1.11 bits per heavy atom. The van der Waals surface area contributed by atoms with Crippen molar-refractivity contribution in [3.63, 3.8) is 0 Å². The predicted octanol–water partition coefficient (Wildman–Crippen LogP) is 3.38. The van der Waals surface area contributed by atoms with Crippen molar-refractivity contribution in [1.82, 2.24) is 0 Å². The van der Waals surface area contributed by atoms with Gasteiger partial charge in [0.1, 0.15) is 12.4 Å². The van der Waals surface area contributed by atoms with Gasteiger partial charge in [-0.15, -0.1) is 0 Å². The van der Waals surface area contributed by atoms with Crippen LogP contribution in [-0.4, -0.2) is 13.2 Å². The summed E-state index contributed by atoms with van der Waals surface area (Å²) >= 11 is 0. The van der Waals surface area contributed by atoms with Crippen molar-refractivity contribution >= 4 is 11.4 Å². The van der Waals surface area contributed by atoms with E-state index < -0.39 is 0 Å². The number of nitrogens with two attached hydrogens (primary N) is 1. The lowest BCUT2D eigenvalue weighted by Crippen LogP contribution is -2.12. The molecule has 19 heavy (non-hydrogen) atoms. The van der Waals surface area contributed by atoms with Crippen LogP contribution in [0.4, 0.5) is 11.4 Å². The Balaban J connectivity index is 1.83. The summed E-state index contributed by atoms with van der Waals surface area (Å²) in [4.78, 5) is 0. The highest BCUT2D eigenvalue weighted by molar-refractivity contribution is 5.53. The van der Waals surface area contributed by atoms with Crippen molar-refractivity contribution in [2.24, 2.45) is 0 Å². The van der Waals surface area contributed by atoms with E-state index in [0.717, 1.165) is 18.0 Å². The highest BCUT2D eigenvalue weighted by Gasteiger charge is 2.00. The summed E-state index contributed by atoms with van der Waals surface area (Å²) in [6, 6.07) is 13.9. The highest BCUT2D eigenvalue weighted by Crippen LogP contribution is 2.20. The lowest BCUT2D eigenvalue weighted by Gasteiger charge is -2.12. The minimum Gasteiger partial charge on any atom is -0.490 e. The molecule has 0 spiro atoms. The molecule has 2 rings (SSSR count). The van der Waals surface area contributed by atoms with Crippen LogP contribution in [0.25, 0.3) is 0 Å². The molecule has 0 aliphatic rings. The van der Waals surface area contributed by atoms with Crippen LogP contribution < -0.4 is 15.8 Å². The number of rotatable bonds is 5. The van der Waals surface area contributed by atoms with E-state index in [4.69, 9.17) is 10.5 Å². The lowest BCUT2D eigenvalue weighted by atomic mass is 10.1. The second-order valence-electron chi connectivity index (χ2n) is 4.63. The summed E-state index contributed by atoms with van der Waals surface area (Å²) in [6.07, 6.45) is 0. The maximum Gasteiger partial charge on any atom is 0.142 e. The molecule has 2 aromatic carbocycles. The fourth-order valence-corrected chi connectivity index (χ4v) is 1.97. The van der Waals surface area contributed by atoms with E-state index >= 15 is 0 Å². The van der Waals surface area contributed by atoms with Gasteiger partial charge in [-0.25, -0.2) is 0 Å². The minimum absolute atomic E-state index is 0.585. The highest BCUT2D eigenvalue weighted by atomic mass is 16.5. The molecular weight excluding hydrogens is 236 g/mol. The van der Waals surface area contributed by atoms with Gasteiger partial charge >= 0.3 is 0 Å². The number of anilines is 2. The van der Waals surface area contributed by atoms with Crippen LogP contribution in [0.3, 0.4) is 0 Å². The van der Waals surface area contributed by atoms with Gasteiger partial charge in [0, 0.05) is 12.2 Å². The first-order valence-corrected chi connectivity index (χ1v) is 6.45.